The molecule has 8 heteroatoms. The molecule has 2 aromatic heterocycles. The topological polar surface area (TPSA) is 78.0 Å². The second-order valence-electron chi connectivity index (χ2n) is 7.51. The van der Waals surface area contributed by atoms with Gasteiger partial charge in [-0.2, -0.15) is 4.98 Å². The van der Waals surface area contributed by atoms with Gasteiger partial charge in [-0.25, -0.2) is 9.97 Å². The molecule has 0 aliphatic carbocycles. The summed E-state index contributed by atoms with van der Waals surface area (Å²) in [4.78, 5) is 16.2. The lowest BCUT2D eigenvalue weighted by atomic mass is 10.2. The first-order valence-electron chi connectivity index (χ1n) is 10.6. The van der Waals surface area contributed by atoms with E-state index in [1.807, 2.05) is 36.4 Å². The maximum Gasteiger partial charge on any atom is 0.229 e. The predicted octanol–water partition coefficient (Wildman–Crippen LogP) is 4.16. The van der Waals surface area contributed by atoms with E-state index >= 15 is 0 Å². The Balaban J connectivity index is 1.22. The number of hydrogen-bond donors (Lipinski definition) is 3. The molecule has 5 rings (SSSR count). The molecule has 0 unspecified atom stereocenters. The summed E-state index contributed by atoms with van der Waals surface area (Å²) in [6.45, 7) is 5.21. The molecule has 1 saturated heterocycles. The summed E-state index contributed by atoms with van der Waals surface area (Å²) in [5, 5.41) is 11.1. The van der Waals surface area contributed by atoms with Crippen LogP contribution >= 0.6 is 11.3 Å². The van der Waals surface area contributed by atoms with E-state index in [9.17, 15) is 0 Å². The van der Waals surface area contributed by atoms with Gasteiger partial charge in [0.05, 0.1) is 10.2 Å². The van der Waals surface area contributed by atoms with Crippen LogP contribution in [0.25, 0.3) is 20.8 Å². The van der Waals surface area contributed by atoms with Crippen molar-refractivity contribution < 1.29 is 0 Å². The van der Waals surface area contributed by atoms with Crippen LogP contribution in [0.2, 0.25) is 0 Å². The van der Waals surface area contributed by atoms with Gasteiger partial charge in [-0.1, -0.05) is 24.3 Å². The highest BCUT2D eigenvalue weighted by atomic mass is 32.1. The van der Waals surface area contributed by atoms with E-state index < -0.39 is 0 Å². The third kappa shape index (κ3) is 4.99. The Morgan fingerprint density at radius 1 is 1.06 bits per heavy atom. The molecule has 1 fully saturated rings. The number of thiazole rings is 1. The molecule has 7 nitrogen and oxygen atoms in total. The number of anilines is 3. The average molecular weight is 432 g/mol. The molecule has 31 heavy (non-hydrogen) atoms. The molecule has 0 radical (unpaired) electrons. The summed E-state index contributed by atoms with van der Waals surface area (Å²) in [6.07, 6.45) is 2.86. The third-order valence-electron chi connectivity index (χ3n) is 5.21. The SMILES string of the molecule is c1cc(Nc2nccc(NCCCN3CCNC3)n2)cc(-c2nc3ccccc3s2)c1. The second-order valence-corrected chi connectivity index (χ2v) is 8.55. The number of nitrogens with zero attached hydrogens (tertiary/aromatic N) is 4. The van der Waals surface area contributed by atoms with Gasteiger partial charge >= 0.3 is 0 Å². The molecule has 0 bridgehead atoms. The second kappa shape index (κ2) is 9.38. The van der Waals surface area contributed by atoms with E-state index in [0.29, 0.717) is 5.95 Å². The molecule has 0 saturated carbocycles. The normalized spacial score (nSPS) is 14.2. The molecule has 0 amide bonds. The number of para-hydroxylation sites is 1. The van der Waals surface area contributed by atoms with E-state index in [2.05, 4.69) is 49.0 Å². The lowest BCUT2D eigenvalue weighted by Gasteiger charge is -2.14. The summed E-state index contributed by atoms with van der Waals surface area (Å²) >= 11 is 1.70. The van der Waals surface area contributed by atoms with Crippen molar-refractivity contribution in [1.29, 1.82) is 0 Å². The van der Waals surface area contributed by atoms with Crippen LogP contribution in [0.4, 0.5) is 17.5 Å². The van der Waals surface area contributed by atoms with Gasteiger partial charge in [-0.15, -0.1) is 11.3 Å². The van der Waals surface area contributed by atoms with E-state index in [-0.39, 0.29) is 0 Å². The van der Waals surface area contributed by atoms with E-state index in [1.165, 1.54) is 4.70 Å². The minimum Gasteiger partial charge on any atom is -0.370 e. The zero-order valence-electron chi connectivity index (χ0n) is 17.2. The molecule has 3 heterocycles. The smallest absolute Gasteiger partial charge is 0.229 e. The highest BCUT2D eigenvalue weighted by Crippen LogP contribution is 2.31. The molecule has 2 aromatic carbocycles. The van der Waals surface area contributed by atoms with E-state index in [0.717, 1.165) is 66.9 Å². The summed E-state index contributed by atoms with van der Waals surface area (Å²) in [6, 6.07) is 18.3. The van der Waals surface area contributed by atoms with Crippen LogP contribution in [0.5, 0.6) is 0 Å². The number of fused-ring (bicyclic) bond motifs is 1. The maximum absolute atomic E-state index is 4.76. The van der Waals surface area contributed by atoms with E-state index in [4.69, 9.17) is 4.98 Å². The number of aromatic nitrogens is 3. The minimum absolute atomic E-state index is 0.579. The third-order valence-corrected chi connectivity index (χ3v) is 6.30. The average Bonchev–Trinajstić information content (AvgIpc) is 3.47. The quantitative estimate of drug-likeness (QED) is 0.362. The molecule has 0 atom stereocenters. The molecular weight excluding hydrogens is 406 g/mol. The fraction of sp³-hybridized carbons (Fsp3) is 0.261. The highest BCUT2D eigenvalue weighted by Gasteiger charge is 2.10. The van der Waals surface area contributed by atoms with Crippen molar-refractivity contribution in [3.63, 3.8) is 0 Å². The first kappa shape index (κ1) is 19.9. The highest BCUT2D eigenvalue weighted by molar-refractivity contribution is 7.21. The van der Waals surface area contributed by atoms with Gasteiger partial charge in [0, 0.05) is 50.3 Å². The fourth-order valence-electron chi connectivity index (χ4n) is 3.64. The van der Waals surface area contributed by atoms with Gasteiger partial charge in [-0.3, -0.25) is 4.90 Å². The standard InChI is InChI=1S/C23H25N7S/c1-2-8-20-19(7-1)28-22(31-20)17-5-3-6-18(15-17)27-23-26-11-9-21(29-23)25-10-4-13-30-14-12-24-16-30/h1-3,5-9,11,15,24H,4,10,12-14,16H2,(H2,25,26,27,29). The van der Waals surface area contributed by atoms with Crippen molar-refractivity contribution in [3.05, 3.63) is 60.8 Å². The molecule has 1 aliphatic rings. The zero-order chi connectivity index (χ0) is 20.9. The first-order valence-corrected chi connectivity index (χ1v) is 11.4. The van der Waals surface area contributed by atoms with E-state index in [1.54, 1.807) is 17.5 Å². The fourth-order valence-corrected chi connectivity index (χ4v) is 4.60. The summed E-state index contributed by atoms with van der Waals surface area (Å²) < 4.78 is 1.19. The Morgan fingerprint density at radius 2 is 2.03 bits per heavy atom. The molecule has 4 aromatic rings. The van der Waals surface area contributed by atoms with Crippen molar-refractivity contribution in [1.82, 2.24) is 25.2 Å². The Hall–Kier alpha value is -3.07. The minimum atomic E-state index is 0.579. The molecule has 1 aliphatic heterocycles. The summed E-state index contributed by atoms with van der Waals surface area (Å²) in [7, 11) is 0. The monoisotopic (exact) mass is 431 g/mol. The van der Waals surface area contributed by atoms with Crippen molar-refractivity contribution in [2.45, 2.75) is 6.42 Å². The predicted molar refractivity (Wildman–Crippen MR) is 128 cm³/mol. The van der Waals surface area contributed by atoms with Crippen molar-refractivity contribution in [3.8, 4) is 10.6 Å². The van der Waals surface area contributed by atoms with Crippen LogP contribution in [0.3, 0.4) is 0 Å². The Bertz CT molecular complexity index is 1120. The van der Waals surface area contributed by atoms with Crippen LogP contribution < -0.4 is 16.0 Å². The molecule has 3 N–H and O–H groups in total. The molecule has 158 valence electrons. The lowest BCUT2D eigenvalue weighted by molar-refractivity contribution is 0.333. The van der Waals surface area contributed by atoms with Gasteiger partial charge in [0.2, 0.25) is 5.95 Å². The molecule has 0 spiro atoms. The van der Waals surface area contributed by atoms with Crippen LogP contribution in [0.15, 0.2) is 60.8 Å². The number of rotatable bonds is 8. The van der Waals surface area contributed by atoms with Crippen LogP contribution in [-0.4, -0.2) is 52.7 Å². The lowest BCUT2D eigenvalue weighted by Crippen LogP contribution is -2.24. The van der Waals surface area contributed by atoms with Crippen LogP contribution in [0.1, 0.15) is 6.42 Å². The van der Waals surface area contributed by atoms with Gasteiger partial charge in [0.15, 0.2) is 0 Å². The maximum atomic E-state index is 4.76. The van der Waals surface area contributed by atoms with Crippen LogP contribution in [0, 0.1) is 0 Å². The van der Waals surface area contributed by atoms with Crippen molar-refractivity contribution in [2.75, 3.05) is 43.5 Å². The summed E-state index contributed by atoms with van der Waals surface area (Å²) in [5.74, 6) is 1.41. The summed E-state index contributed by atoms with van der Waals surface area (Å²) in [5.41, 5.74) is 3.05. The number of benzene rings is 2. The Kier molecular flexibility index (Phi) is 6.01. The van der Waals surface area contributed by atoms with Crippen molar-refractivity contribution in [2.24, 2.45) is 0 Å². The van der Waals surface area contributed by atoms with Gasteiger partial charge < -0.3 is 16.0 Å². The zero-order valence-corrected chi connectivity index (χ0v) is 18.0. The number of hydrogen-bond acceptors (Lipinski definition) is 8. The Morgan fingerprint density at radius 3 is 2.94 bits per heavy atom. The van der Waals surface area contributed by atoms with Crippen molar-refractivity contribution >= 4 is 39.0 Å². The molecular formula is C23H25N7S. The van der Waals surface area contributed by atoms with Gasteiger partial charge in [0.25, 0.3) is 0 Å². The first-order chi connectivity index (χ1) is 15.3. The Labute approximate surface area is 185 Å². The van der Waals surface area contributed by atoms with Gasteiger partial charge in [0.1, 0.15) is 10.8 Å². The largest absolute Gasteiger partial charge is 0.370 e. The van der Waals surface area contributed by atoms with Gasteiger partial charge in [-0.05, 0) is 36.8 Å². The number of nitrogens with one attached hydrogen (secondary N) is 3. The van der Waals surface area contributed by atoms with Crippen LogP contribution in [-0.2, 0) is 0 Å².